The number of methoxy groups -OCH3 is 1. The van der Waals surface area contributed by atoms with Crippen LogP contribution in [-0.4, -0.2) is 60.0 Å². The molecule has 0 aliphatic rings. The largest absolute Gasteiger partial charge is 0.491 e. The standard InChI is InChI=1S/C15H25NO5/c1-17-5-6-18-7-8-19-9-10-20-11-12-21-15-4-2-3-14(16)13-15/h2-4,13H,5-12,16H2,1H3. The predicted octanol–water partition coefficient (Wildman–Crippen LogP) is 1.34. The molecule has 0 fully saturated rings. The van der Waals surface area contributed by atoms with Gasteiger partial charge in [-0.3, -0.25) is 0 Å². The third-order valence-electron chi connectivity index (χ3n) is 2.53. The fourth-order valence-electron chi connectivity index (χ4n) is 1.51. The van der Waals surface area contributed by atoms with Crippen LogP contribution in [-0.2, 0) is 18.9 Å². The lowest BCUT2D eigenvalue weighted by molar-refractivity contribution is 0.000166. The molecular formula is C15H25NO5. The van der Waals surface area contributed by atoms with Crippen LogP contribution in [0.4, 0.5) is 5.69 Å². The van der Waals surface area contributed by atoms with Crippen LogP contribution in [0.2, 0.25) is 0 Å². The van der Waals surface area contributed by atoms with Gasteiger partial charge in [-0.15, -0.1) is 0 Å². The smallest absolute Gasteiger partial charge is 0.121 e. The molecule has 0 aliphatic heterocycles. The van der Waals surface area contributed by atoms with Gasteiger partial charge in [-0.25, -0.2) is 0 Å². The molecule has 1 aromatic rings. The Bertz CT molecular complexity index is 362. The lowest BCUT2D eigenvalue weighted by atomic mass is 10.3. The molecule has 0 heterocycles. The van der Waals surface area contributed by atoms with Gasteiger partial charge in [0.2, 0.25) is 0 Å². The summed E-state index contributed by atoms with van der Waals surface area (Å²) in [7, 11) is 1.65. The van der Waals surface area contributed by atoms with Gasteiger partial charge in [-0.05, 0) is 12.1 Å². The molecule has 0 radical (unpaired) electrons. The monoisotopic (exact) mass is 299 g/mol. The Labute approximate surface area is 126 Å². The Balaban J connectivity index is 1.82. The molecule has 0 unspecified atom stereocenters. The van der Waals surface area contributed by atoms with Gasteiger partial charge in [0.05, 0.1) is 46.2 Å². The summed E-state index contributed by atoms with van der Waals surface area (Å²) in [6, 6.07) is 7.32. The van der Waals surface area contributed by atoms with E-state index in [-0.39, 0.29) is 0 Å². The molecule has 2 N–H and O–H groups in total. The molecular weight excluding hydrogens is 274 g/mol. The Morgan fingerprint density at radius 3 is 1.95 bits per heavy atom. The van der Waals surface area contributed by atoms with Crippen molar-refractivity contribution >= 4 is 5.69 Å². The van der Waals surface area contributed by atoms with E-state index in [1.165, 1.54) is 0 Å². The molecule has 21 heavy (non-hydrogen) atoms. The third-order valence-corrected chi connectivity index (χ3v) is 2.53. The lowest BCUT2D eigenvalue weighted by Gasteiger charge is -2.08. The van der Waals surface area contributed by atoms with Crippen LogP contribution in [0.15, 0.2) is 24.3 Å². The van der Waals surface area contributed by atoms with Gasteiger partial charge in [-0.1, -0.05) is 6.07 Å². The van der Waals surface area contributed by atoms with E-state index < -0.39 is 0 Å². The number of anilines is 1. The zero-order chi connectivity index (χ0) is 15.2. The number of rotatable bonds is 13. The summed E-state index contributed by atoms with van der Waals surface area (Å²) in [4.78, 5) is 0. The molecule has 0 spiro atoms. The van der Waals surface area contributed by atoms with E-state index >= 15 is 0 Å². The van der Waals surface area contributed by atoms with E-state index in [0.29, 0.717) is 58.5 Å². The van der Waals surface area contributed by atoms with Crippen molar-refractivity contribution in [2.24, 2.45) is 0 Å². The van der Waals surface area contributed by atoms with Crippen LogP contribution in [0, 0.1) is 0 Å². The second-order valence-corrected chi connectivity index (χ2v) is 4.25. The van der Waals surface area contributed by atoms with Crippen LogP contribution in [0.5, 0.6) is 5.75 Å². The molecule has 0 aromatic heterocycles. The Morgan fingerprint density at radius 1 is 0.810 bits per heavy atom. The fraction of sp³-hybridized carbons (Fsp3) is 0.600. The maximum atomic E-state index is 5.65. The van der Waals surface area contributed by atoms with Gasteiger partial charge in [-0.2, -0.15) is 0 Å². The third kappa shape index (κ3) is 10.1. The van der Waals surface area contributed by atoms with Crippen molar-refractivity contribution in [2.45, 2.75) is 0 Å². The van der Waals surface area contributed by atoms with Crippen LogP contribution in [0.3, 0.4) is 0 Å². The zero-order valence-corrected chi connectivity index (χ0v) is 12.6. The van der Waals surface area contributed by atoms with Crippen molar-refractivity contribution in [1.82, 2.24) is 0 Å². The van der Waals surface area contributed by atoms with E-state index in [1.54, 1.807) is 13.2 Å². The first kappa shape index (κ1) is 17.7. The molecule has 0 saturated heterocycles. The summed E-state index contributed by atoms with van der Waals surface area (Å²) in [5.74, 6) is 0.753. The lowest BCUT2D eigenvalue weighted by Crippen LogP contribution is -2.13. The average Bonchev–Trinajstić information content (AvgIpc) is 2.48. The quantitative estimate of drug-likeness (QED) is 0.438. The second kappa shape index (κ2) is 12.4. The molecule has 0 atom stereocenters. The number of ether oxygens (including phenoxy) is 5. The molecule has 120 valence electrons. The van der Waals surface area contributed by atoms with Gasteiger partial charge in [0.25, 0.3) is 0 Å². The number of nitrogen functional groups attached to an aromatic ring is 1. The minimum atomic E-state index is 0.490. The van der Waals surface area contributed by atoms with E-state index in [2.05, 4.69) is 0 Å². The van der Waals surface area contributed by atoms with Crippen molar-refractivity contribution in [2.75, 3.05) is 65.7 Å². The maximum Gasteiger partial charge on any atom is 0.121 e. The summed E-state index contributed by atoms with van der Waals surface area (Å²) < 4.78 is 26.3. The predicted molar refractivity (Wildman–Crippen MR) is 80.7 cm³/mol. The van der Waals surface area contributed by atoms with Crippen molar-refractivity contribution in [1.29, 1.82) is 0 Å². The van der Waals surface area contributed by atoms with E-state index in [0.717, 1.165) is 5.75 Å². The van der Waals surface area contributed by atoms with Gasteiger partial charge in [0.15, 0.2) is 0 Å². The highest BCUT2D eigenvalue weighted by molar-refractivity contribution is 5.43. The van der Waals surface area contributed by atoms with Crippen LogP contribution < -0.4 is 10.5 Å². The normalized spacial score (nSPS) is 10.7. The first-order valence-corrected chi connectivity index (χ1v) is 7.03. The maximum absolute atomic E-state index is 5.65. The number of hydrogen-bond acceptors (Lipinski definition) is 6. The first-order chi connectivity index (χ1) is 10.3. The molecule has 0 bridgehead atoms. The van der Waals surface area contributed by atoms with Crippen molar-refractivity contribution in [3.63, 3.8) is 0 Å². The van der Waals surface area contributed by atoms with E-state index in [4.69, 9.17) is 29.4 Å². The molecule has 6 nitrogen and oxygen atoms in total. The highest BCUT2D eigenvalue weighted by atomic mass is 16.6. The van der Waals surface area contributed by atoms with Crippen LogP contribution in [0.1, 0.15) is 0 Å². The summed E-state index contributed by atoms with van der Waals surface area (Å²) >= 11 is 0. The van der Waals surface area contributed by atoms with Crippen molar-refractivity contribution in [3.05, 3.63) is 24.3 Å². The van der Waals surface area contributed by atoms with Gasteiger partial charge in [0, 0.05) is 18.9 Å². The Kier molecular flexibility index (Phi) is 10.5. The van der Waals surface area contributed by atoms with Crippen molar-refractivity contribution < 1.29 is 23.7 Å². The number of hydrogen-bond donors (Lipinski definition) is 1. The van der Waals surface area contributed by atoms with Crippen molar-refractivity contribution in [3.8, 4) is 5.75 Å². The summed E-state index contributed by atoms with van der Waals surface area (Å²) in [5, 5.41) is 0. The van der Waals surface area contributed by atoms with Gasteiger partial charge in [0.1, 0.15) is 12.4 Å². The molecule has 0 amide bonds. The van der Waals surface area contributed by atoms with Gasteiger partial charge < -0.3 is 29.4 Å². The molecule has 1 rings (SSSR count). The molecule has 0 saturated carbocycles. The Morgan fingerprint density at radius 2 is 1.38 bits per heavy atom. The Hall–Kier alpha value is -1.34. The minimum Gasteiger partial charge on any atom is -0.491 e. The molecule has 0 aliphatic carbocycles. The highest BCUT2D eigenvalue weighted by Crippen LogP contribution is 2.13. The first-order valence-electron chi connectivity index (χ1n) is 7.03. The minimum absolute atomic E-state index is 0.490. The van der Waals surface area contributed by atoms with E-state index in [9.17, 15) is 0 Å². The SMILES string of the molecule is COCCOCCOCCOCCOc1cccc(N)c1. The summed E-state index contributed by atoms with van der Waals surface area (Å²) in [6.45, 7) is 4.43. The summed E-state index contributed by atoms with van der Waals surface area (Å²) in [5.41, 5.74) is 6.34. The van der Waals surface area contributed by atoms with E-state index in [1.807, 2.05) is 18.2 Å². The summed E-state index contributed by atoms with van der Waals surface area (Å²) in [6.07, 6.45) is 0. The van der Waals surface area contributed by atoms with Crippen LogP contribution >= 0.6 is 0 Å². The molecule has 1 aromatic carbocycles. The highest BCUT2D eigenvalue weighted by Gasteiger charge is 1.95. The molecule has 6 heteroatoms. The topological polar surface area (TPSA) is 72.2 Å². The van der Waals surface area contributed by atoms with Gasteiger partial charge >= 0.3 is 0 Å². The number of benzene rings is 1. The fourth-order valence-corrected chi connectivity index (χ4v) is 1.51. The average molecular weight is 299 g/mol. The number of nitrogens with two attached hydrogens (primary N) is 1. The van der Waals surface area contributed by atoms with Crippen LogP contribution in [0.25, 0.3) is 0 Å². The zero-order valence-electron chi connectivity index (χ0n) is 12.6. The second-order valence-electron chi connectivity index (χ2n) is 4.25.